The van der Waals surface area contributed by atoms with Crippen molar-refractivity contribution in [2.24, 2.45) is 0 Å². The maximum absolute atomic E-state index is 12.0. The number of aromatic nitrogens is 2. The fourth-order valence-corrected chi connectivity index (χ4v) is 2.39. The Morgan fingerprint density at radius 1 is 1.38 bits per heavy atom. The number of hydrogen-bond donors (Lipinski definition) is 1. The van der Waals surface area contributed by atoms with E-state index in [1.807, 2.05) is 0 Å². The number of para-hydroxylation sites is 1. The average molecular weight is 237 g/mol. The largest absolute Gasteiger partial charge is 0.326 e. The molecular formula is C11H9ClN2O2. The van der Waals surface area contributed by atoms with E-state index < -0.39 is 5.38 Å². The van der Waals surface area contributed by atoms with Gasteiger partial charge in [-0.3, -0.25) is 9.36 Å². The van der Waals surface area contributed by atoms with Crippen molar-refractivity contribution in [3.05, 3.63) is 34.2 Å². The number of carbonyl (C=O) groups is 1. The van der Waals surface area contributed by atoms with Gasteiger partial charge in [-0.05, 0) is 18.6 Å². The molecule has 1 aromatic heterocycles. The first-order chi connectivity index (χ1) is 7.68. The molecule has 1 aliphatic heterocycles. The Morgan fingerprint density at radius 2 is 2.19 bits per heavy atom. The average Bonchev–Trinajstić information content (AvgIpc) is 2.53. The van der Waals surface area contributed by atoms with Crippen LogP contribution in [0.2, 0.25) is 0 Å². The Bertz CT molecular complexity index is 641. The molecule has 0 saturated heterocycles. The molecule has 2 aromatic rings. The summed E-state index contributed by atoms with van der Waals surface area (Å²) in [5, 5.41) is -0.537. The highest BCUT2D eigenvalue weighted by Gasteiger charge is 2.25. The third-order valence-electron chi connectivity index (χ3n) is 2.95. The molecule has 1 N–H and O–H groups in total. The van der Waals surface area contributed by atoms with E-state index in [0.29, 0.717) is 29.6 Å². The zero-order valence-electron chi connectivity index (χ0n) is 8.37. The van der Waals surface area contributed by atoms with Crippen LogP contribution in [0.5, 0.6) is 0 Å². The van der Waals surface area contributed by atoms with Gasteiger partial charge in [-0.1, -0.05) is 6.07 Å². The summed E-state index contributed by atoms with van der Waals surface area (Å²) < 4.78 is 1.59. The van der Waals surface area contributed by atoms with Crippen LogP contribution in [0.1, 0.15) is 16.8 Å². The van der Waals surface area contributed by atoms with Gasteiger partial charge < -0.3 is 4.98 Å². The van der Waals surface area contributed by atoms with E-state index in [1.54, 1.807) is 22.8 Å². The third-order valence-corrected chi connectivity index (χ3v) is 3.37. The summed E-state index contributed by atoms with van der Waals surface area (Å²) in [7, 11) is 0. The molecule has 0 aliphatic carbocycles. The minimum atomic E-state index is -0.537. The lowest BCUT2D eigenvalue weighted by molar-refractivity contribution is 0.0986. The van der Waals surface area contributed by atoms with Crippen molar-refractivity contribution in [1.82, 2.24) is 9.55 Å². The Labute approximate surface area is 95.8 Å². The number of imidazole rings is 1. The first kappa shape index (κ1) is 9.66. The molecule has 1 atom stereocenters. The van der Waals surface area contributed by atoms with Crippen molar-refractivity contribution in [2.75, 3.05) is 0 Å². The summed E-state index contributed by atoms with van der Waals surface area (Å²) in [5.41, 5.74) is 1.73. The molecule has 3 rings (SSSR count). The topological polar surface area (TPSA) is 54.9 Å². The molecular weight excluding hydrogens is 228 g/mol. The van der Waals surface area contributed by atoms with Crippen molar-refractivity contribution >= 4 is 28.4 Å². The summed E-state index contributed by atoms with van der Waals surface area (Å²) in [5.74, 6) is -0.0995. The third kappa shape index (κ3) is 1.16. The van der Waals surface area contributed by atoms with Gasteiger partial charge in [-0.15, -0.1) is 11.6 Å². The van der Waals surface area contributed by atoms with Gasteiger partial charge in [0.25, 0.3) is 0 Å². The molecule has 0 fully saturated rings. The van der Waals surface area contributed by atoms with Crippen molar-refractivity contribution in [1.29, 1.82) is 0 Å². The molecule has 2 heterocycles. The minimum absolute atomic E-state index is 0.0995. The van der Waals surface area contributed by atoms with Gasteiger partial charge in [-0.25, -0.2) is 4.79 Å². The van der Waals surface area contributed by atoms with Gasteiger partial charge in [0.2, 0.25) is 0 Å². The van der Waals surface area contributed by atoms with Crippen LogP contribution in [0.25, 0.3) is 11.0 Å². The van der Waals surface area contributed by atoms with Crippen LogP contribution in [-0.2, 0) is 6.54 Å². The lowest BCUT2D eigenvalue weighted by Gasteiger charge is -2.03. The van der Waals surface area contributed by atoms with Gasteiger partial charge in [0.15, 0.2) is 5.78 Å². The molecule has 0 bridgehead atoms. The van der Waals surface area contributed by atoms with Crippen LogP contribution < -0.4 is 5.69 Å². The van der Waals surface area contributed by atoms with E-state index in [1.165, 1.54) is 0 Å². The van der Waals surface area contributed by atoms with Crippen LogP contribution >= 0.6 is 11.6 Å². The number of aryl methyl sites for hydroxylation is 1. The zero-order valence-corrected chi connectivity index (χ0v) is 9.12. The van der Waals surface area contributed by atoms with Gasteiger partial charge in [0, 0.05) is 12.1 Å². The van der Waals surface area contributed by atoms with Crippen LogP contribution in [0.3, 0.4) is 0 Å². The van der Waals surface area contributed by atoms with Gasteiger partial charge in [0.05, 0.1) is 16.4 Å². The van der Waals surface area contributed by atoms with E-state index >= 15 is 0 Å². The molecule has 0 saturated carbocycles. The minimum Gasteiger partial charge on any atom is -0.306 e. The van der Waals surface area contributed by atoms with Crippen LogP contribution in [0, 0.1) is 0 Å². The van der Waals surface area contributed by atoms with Crippen LogP contribution in [0.15, 0.2) is 23.0 Å². The SMILES string of the molecule is O=C1c2cccc3[nH]c(=O)n(c23)CC[C@H]1Cl. The highest BCUT2D eigenvalue weighted by atomic mass is 35.5. The van der Waals surface area contributed by atoms with Crippen molar-refractivity contribution < 1.29 is 4.79 Å². The number of hydrogen-bond acceptors (Lipinski definition) is 2. The molecule has 1 aliphatic rings. The Morgan fingerprint density at radius 3 is 3.00 bits per heavy atom. The second-order valence-corrected chi connectivity index (χ2v) is 4.43. The van der Waals surface area contributed by atoms with Crippen molar-refractivity contribution in [3.63, 3.8) is 0 Å². The summed E-state index contributed by atoms with van der Waals surface area (Å²) in [4.78, 5) is 26.4. The standard InChI is InChI=1S/C11H9ClN2O2/c12-7-4-5-14-9-6(10(7)15)2-1-3-8(9)13-11(14)16/h1-3,7H,4-5H2,(H,13,16)/t7-/m1/s1. The Hall–Kier alpha value is -1.55. The number of benzene rings is 1. The van der Waals surface area contributed by atoms with E-state index in [9.17, 15) is 9.59 Å². The number of halogens is 1. The maximum atomic E-state index is 12.0. The molecule has 5 heteroatoms. The summed E-state index contributed by atoms with van der Waals surface area (Å²) in [6.45, 7) is 0.482. The number of aromatic amines is 1. The highest BCUT2D eigenvalue weighted by molar-refractivity contribution is 6.35. The Kier molecular flexibility index (Phi) is 1.94. The summed E-state index contributed by atoms with van der Waals surface area (Å²) in [6, 6.07) is 5.26. The normalized spacial score (nSPS) is 20.1. The molecule has 1 aromatic carbocycles. The lowest BCUT2D eigenvalue weighted by atomic mass is 10.1. The second kappa shape index (κ2) is 3.22. The molecule has 0 amide bonds. The number of nitrogens with one attached hydrogen (secondary N) is 1. The molecule has 4 nitrogen and oxygen atoms in total. The lowest BCUT2D eigenvalue weighted by Crippen LogP contribution is -2.18. The zero-order chi connectivity index (χ0) is 11.3. The van der Waals surface area contributed by atoms with E-state index in [-0.39, 0.29) is 11.5 Å². The first-order valence-corrected chi connectivity index (χ1v) is 5.52. The van der Waals surface area contributed by atoms with E-state index in [4.69, 9.17) is 11.6 Å². The number of rotatable bonds is 0. The number of alkyl halides is 1. The van der Waals surface area contributed by atoms with Crippen LogP contribution in [0.4, 0.5) is 0 Å². The number of ketones is 1. The monoisotopic (exact) mass is 236 g/mol. The number of Topliss-reactive ketones (excluding diaryl/α,β-unsaturated/α-hetero) is 1. The molecule has 0 spiro atoms. The number of H-pyrrole nitrogens is 1. The van der Waals surface area contributed by atoms with Crippen molar-refractivity contribution in [2.45, 2.75) is 18.3 Å². The molecule has 0 radical (unpaired) electrons. The van der Waals surface area contributed by atoms with E-state index in [2.05, 4.69) is 4.98 Å². The maximum Gasteiger partial charge on any atom is 0.326 e. The smallest absolute Gasteiger partial charge is 0.306 e. The molecule has 82 valence electrons. The predicted octanol–water partition coefficient (Wildman–Crippen LogP) is 1.52. The number of carbonyl (C=O) groups excluding carboxylic acids is 1. The summed E-state index contributed by atoms with van der Waals surface area (Å²) in [6.07, 6.45) is 0.488. The first-order valence-electron chi connectivity index (χ1n) is 5.08. The quantitative estimate of drug-likeness (QED) is 0.706. The number of nitrogens with zero attached hydrogens (tertiary/aromatic N) is 1. The second-order valence-electron chi connectivity index (χ2n) is 3.90. The predicted molar refractivity (Wildman–Crippen MR) is 61.1 cm³/mol. The fraction of sp³-hybridized carbons (Fsp3) is 0.273. The van der Waals surface area contributed by atoms with Crippen molar-refractivity contribution in [3.8, 4) is 0 Å². The van der Waals surface area contributed by atoms with Gasteiger partial charge in [0.1, 0.15) is 0 Å². The van der Waals surface area contributed by atoms with E-state index in [0.717, 1.165) is 0 Å². The van der Waals surface area contributed by atoms with Gasteiger partial charge >= 0.3 is 5.69 Å². The fourth-order valence-electron chi connectivity index (χ4n) is 2.17. The molecule has 0 unspecified atom stereocenters. The Balaban J connectivity index is 2.46. The molecule has 16 heavy (non-hydrogen) atoms. The highest BCUT2D eigenvalue weighted by Crippen LogP contribution is 2.24. The summed E-state index contributed by atoms with van der Waals surface area (Å²) >= 11 is 5.98. The van der Waals surface area contributed by atoms with Gasteiger partial charge in [-0.2, -0.15) is 0 Å². The van der Waals surface area contributed by atoms with Crippen LogP contribution in [-0.4, -0.2) is 20.7 Å².